The van der Waals surface area contributed by atoms with Crippen LogP contribution in [0.2, 0.25) is 0 Å². The molecule has 100 valence electrons. The van der Waals surface area contributed by atoms with Gasteiger partial charge in [-0.15, -0.1) is 0 Å². The second kappa shape index (κ2) is 5.05. The average molecular weight is 266 g/mol. The highest BCUT2D eigenvalue weighted by molar-refractivity contribution is 5.93. The number of hydrogen-bond acceptors (Lipinski definition) is 5. The Morgan fingerprint density at radius 2 is 1.90 bits per heavy atom. The third-order valence-corrected chi connectivity index (χ3v) is 3.00. The van der Waals surface area contributed by atoms with Crippen LogP contribution in [0, 0.1) is 0 Å². The zero-order valence-corrected chi connectivity index (χ0v) is 10.8. The Labute approximate surface area is 115 Å². The van der Waals surface area contributed by atoms with Crippen molar-refractivity contribution in [3.8, 4) is 0 Å². The predicted molar refractivity (Wildman–Crippen MR) is 79.8 cm³/mol. The summed E-state index contributed by atoms with van der Waals surface area (Å²) in [6.45, 7) is 0. The molecule has 0 aliphatic carbocycles. The monoisotopic (exact) mass is 266 g/mol. The molecule has 0 unspecified atom stereocenters. The molecule has 0 aliphatic rings. The van der Waals surface area contributed by atoms with E-state index in [0.717, 1.165) is 12.0 Å². The van der Waals surface area contributed by atoms with Crippen LogP contribution in [0.5, 0.6) is 0 Å². The summed E-state index contributed by atoms with van der Waals surface area (Å²) in [7, 11) is 0. The van der Waals surface area contributed by atoms with Crippen LogP contribution in [0.4, 0.5) is 11.8 Å². The van der Waals surface area contributed by atoms with Crippen LogP contribution in [0.25, 0.3) is 17.2 Å². The fourth-order valence-corrected chi connectivity index (χ4v) is 2.07. The maximum Gasteiger partial charge on any atom is 0.233 e. The number of aromatic nitrogens is 2. The van der Waals surface area contributed by atoms with Crippen LogP contribution >= 0.6 is 0 Å². The van der Waals surface area contributed by atoms with Gasteiger partial charge in [0, 0.05) is 5.56 Å². The van der Waals surface area contributed by atoms with Gasteiger partial charge in [-0.3, -0.25) is 0 Å². The number of hydrogen-bond donors (Lipinski definition) is 2. The largest absolute Gasteiger partial charge is 0.445 e. The van der Waals surface area contributed by atoms with Crippen molar-refractivity contribution >= 4 is 28.9 Å². The third kappa shape index (κ3) is 2.33. The molecule has 0 bridgehead atoms. The lowest BCUT2D eigenvalue weighted by atomic mass is 10.1. The summed E-state index contributed by atoms with van der Waals surface area (Å²) in [5, 5.41) is 0.698. The molecular weight excluding hydrogens is 252 g/mol. The van der Waals surface area contributed by atoms with E-state index in [9.17, 15) is 0 Å². The Morgan fingerprint density at radius 3 is 2.70 bits per heavy atom. The van der Waals surface area contributed by atoms with E-state index in [4.69, 9.17) is 15.9 Å². The summed E-state index contributed by atoms with van der Waals surface area (Å²) in [5.41, 5.74) is 13.9. The number of benzene rings is 1. The van der Waals surface area contributed by atoms with Gasteiger partial charge < -0.3 is 15.9 Å². The number of nitrogens with zero attached hydrogens (tertiary/aromatic N) is 2. The van der Waals surface area contributed by atoms with Crippen LogP contribution in [-0.2, 0) is 6.42 Å². The van der Waals surface area contributed by atoms with E-state index in [1.54, 1.807) is 6.26 Å². The van der Waals surface area contributed by atoms with Gasteiger partial charge in [0.2, 0.25) is 11.7 Å². The average Bonchev–Trinajstić information content (AvgIpc) is 2.83. The lowest BCUT2D eigenvalue weighted by Gasteiger charge is -1.97. The van der Waals surface area contributed by atoms with Gasteiger partial charge in [0.15, 0.2) is 0 Å². The van der Waals surface area contributed by atoms with E-state index < -0.39 is 0 Å². The van der Waals surface area contributed by atoms with Gasteiger partial charge in [-0.25, -0.2) is 0 Å². The molecule has 0 atom stereocenters. The molecule has 0 radical (unpaired) electrons. The zero-order valence-electron chi connectivity index (χ0n) is 10.8. The minimum Gasteiger partial charge on any atom is -0.445 e. The van der Waals surface area contributed by atoms with E-state index in [1.807, 2.05) is 24.3 Å². The third-order valence-electron chi connectivity index (χ3n) is 3.00. The number of nitrogen functional groups attached to an aromatic ring is 2. The van der Waals surface area contributed by atoms with Crippen molar-refractivity contribution in [3.05, 3.63) is 53.8 Å². The molecule has 1 aromatic carbocycles. The van der Waals surface area contributed by atoms with Gasteiger partial charge in [-0.05, 0) is 12.0 Å². The number of anilines is 2. The molecule has 3 aromatic rings. The van der Waals surface area contributed by atoms with Crippen molar-refractivity contribution in [1.82, 2.24) is 9.97 Å². The summed E-state index contributed by atoms with van der Waals surface area (Å²) < 4.78 is 5.35. The first-order chi connectivity index (χ1) is 9.74. The first-order valence-electron chi connectivity index (χ1n) is 6.24. The number of allylic oxidation sites excluding steroid dienone is 1. The van der Waals surface area contributed by atoms with E-state index >= 15 is 0 Å². The van der Waals surface area contributed by atoms with Crippen molar-refractivity contribution in [2.45, 2.75) is 6.42 Å². The smallest absolute Gasteiger partial charge is 0.233 e. The van der Waals surface area contributed by atoms with Gasteiger partial charge >= 0.3 is 0 Å². The number of furan rings is 1. The Kier molecular flexibility index (Phi) is 3.09. The quantitative estimate of drug-likeness (QED) is 0.760. The zero-order chi connectivity index (χ0) is 13.9. The molecule has 0 amide bonds. The SMILES string of the molecule is Nc1nc(N)c2c(/C=C/Cc3ccccc3)coc2n1. The van der Waals surface area contributed by atoms with Crippen molar-refractivity contribution in [1.29, 1.82) is 0 Å². The van der Waals surface area contributed by atoms with Gasteiger partial charge in [0.05, 0.1) is 5.39 Å². The molecule has 3 rings (SSSR count). The van der Waals surface area contributed by atoms with Crippen LogP contribution < -0.4 is 11.5 Å². The molecule has 2 heterocycles. The molecule has 0 saturated carbocycles. The predicted octanol–water partition coefficient (Wildman–Crippen LogP) is 2.64. The molecule has 0 aliphatic heterocycles. The molecule has 5 nitrogen and oxygen atoms in total. The topological polar surface area (TPSA) is 91.0 Å². The second-order valence-corrected chi connectivity index (χ2v) is 4.43. The Bertz CT molecular complexity index is 762. The van der Waals surface area contributed by atoms with E-state index in [1.165, 1.54) is 5.56 Å². The number of fused-ring (bicyclic) bond motifs is 1. The molecule has 0 fully saturated rings. The number of rotatable bonds is 3. The second-order valence-electron chi connectivity index (χ2n) is 4.43. The molecule has 4 N–H and O–H groups in total. The van der Waals surface area contributed by atoms with Gasteiger partial charge in [0.1, 0.15) is 12.1 Å². The lowest BCUT2D eigenvalue weighted by molar-refractivity contribution is 0.602. The van der Waals surface area contributed by atoms with E-state index in [0.29, 0.717) is 16.9 Å². The number of nitrogens with two attached hydrogens (primary N) is 2. The van der Waals surface area contributed by atoms with Crippen LogP contribution in [0.1, 0.15) is 11.1 Å². The fourth-order valence-electron chi connectivity index (χ4n) is 2.07. The van der Waals surface area contributed by atoms with Gasteiger partial charge in [-0.1, -0.05) is 42.5 Å². The molecule has 0 spiro atoms. The summed E-state index contributed by atoms with van der Waals surface area (Å²) in [4.78, 5) is 7.96. The van der Waals surface area contributed by atoms with Crippen molar-refractivity contribution in [2.75, 3.05) is 11.5 Å². The van der Waals surface area contributed by atoms with E-state index in [-0.39, 0.29) is 5.95 Å². The van der Waals surface area contributed by atoms with Crippen LogP contribution in [-0.4, -0.2) is 9.97 Å². The Morgan fingerprint density at radius 1 is 1.10 bits per heavy atom. The maximum atomic E-state index is 5.86. The minimum atomic E-state index is 0.115. The summed E-state index contributed by atoms with van der Waals surface area (Å²) in [6, 6.07) is 10.2. The standard InChI is InChI=1S/C15H14N4O/c16-13-12-11(9-20-14(12)19-15(17)18-13)8-4-7-10-5-2-1-3-6-10/h1-6,8-9H,7H2,(H4,16,17,18,19)/b8-4+. The maximum absolute atomic E-state index is 5.86. The summed E-state index contributed by atoms with van der Waals surface area (Å²) in [6.07, 6.45) is 6.45. The van der Waals surface area contributed by atoms with Crippen LogP contribution in [0.3, 0.4) is 0 Å². The summed E-state index contributed by atoms with van der Waals surface area (Å²) in [5.74, 6) is 0.449. The van der Waals surface area contributed by atoms with E-state index in [2.05, 4.69) is 28.2 Å². The van der Waals surface area contributed by atoms with Crippen LogP contribution in [0.15, 0.2) is 47.1 Å². The van der Waals surface area contributed by atoms with Crippen molar-refractivity contribution in [3.63, 3.8) is 0 Å². The lowest BCUT2D eigenvalue weighted by Crippen LogP contribution is -1.99. The highest BCUT2D eigenvalue weighted by Crippen LogP contribution is 2.26. The van der Waals surface area contributed by atoms with Crippen molar-refractivity contribution in [2.24, 2.45) is 0 Å². The first-order valence-corrected chi connectivity index (χ1v) is 6.24. The molecule has 0 saturated heterocycles. The molecule has 5 heteroatoms. The van der Waals surface area contributed by atoms with Gasteiger partial charge in [-0.2, -0.15) is 9.97 Å². The molecule has 2 aromatic heterocycles. The fraction of sp³-hybridized carbons (Fsp3) is 0.0667. The Hall–Kier alpha value is -2.82. The normalized spacial score (nSPS) is 11.4. The Balaban J connectivity index is 1.88. The highest BCUT2D eigenvalue weighted by Gasteiger charge is 2.10. The summed E-state index contributed by atoms with van der Waals surface area (Å²) >= 11 is 0. The first kappa shape index (κ1) is 12.2. The molecule has 20 heavy (non-hydrogen) atoms. The van der Waals surface area contributed by atoms with Crippen molar-refractivity contribution < 1.29 is 4.42 Å². The molecular formula is C15H14N4O. The van der Waals surface area contributed by atoms with Gasteiger partial charge in [0.25, 0.3) is 0 Å². The highest BCUT2D eigenvalue weighted by atomic mass is 16.3. The minimum absolute atomic E-state index is 0.115.